The van der Waals surface area contributed by atoms with E-state index in [4.69, 9.17) is 4.74 Å². The van der Waals surface area contributed by atoms with Crippen LogP contribution in [0.4, 0.5) is 15.8 Å². The highest BCUT2D eigenvalue weighted by Crippen LogP contribution is 2.44. The second kappa shape index (κ2) is 7.39. The number of amides is 1. The fourth-order valence-electron chi connectivity index (χ4n) is 5.86. The summed E-state index contributed by atoms with van der Waals surface area (Å²) >= 11 is 0. The topological polar surface area (TPSA) is 79.3 Å². The molecule has 7 rings (SSSR count). The van der Waals surface area contributed by atoms with Crippen LogP contribution in [0, 0.1) is 12.7 Å². The second-order valence-corrected chi connectivity index (χ2v) is 9.72. The molecule has 1 N–H and O–H groups in total. The number of halogens is 1. The minimum absolute atomic E-state index is 0.219. The summed E-state index contributed by atoms with van der Waals surface area (Å²) in [5.74, 6) is -0.571. The van der Waals surface area contributed by atoms with Crippen LogP contribution < -0.4 is 9.80 Å². The number of hydrogen-bond donors (Lipinski definition) is 1. The summed E-state index contributed by atoms with van der Waals surface area (Å²) in [5, 5.41) is 4.48. The first-order chi connectivity index (χ1) is 17.0. The van der Waals surface area contributed by atoms with Gasteiger partial charge in [-0.05, 0) is 50.1 Å². The molecule has 2 fully saturated rings. The van der Waals surface area contributed by atoms with Gasteiger partial charge in [0.05, 0.1) is 35.6 Å². The van der Waals surface area contributed by atoms with Gasteiger partial charge in [0.25, 0.3) is 5.91 Å². The van der Waals surface area contributed by atoms with Crippen LogP contribution in [-0.4, -0.2) is 51.0 Å². The average molecular weight is 473 g/mol. The summed E-state index contributed by atoms with van der Waals surface area (Å²) < 4.78 is 23.5. The predicted molar refractivity (Wildman–Crippen MR) is 129 cm³/mol. The molecule has 2 aromatic carbocycles. The van der Waals surface area contributed by atoms with Crippen molar-refractivity contribution in [3.8, 4) is 0 Å². The van der Waals surface area contributed by atoms with Crippen molar-refractivity contribution < 1.29 is 13.9 Å². The molecule has 9 heteroatoms. The molecule has 2 bridgehead atoms. The number of nitrogens with one attached hydrogen (secondary N) is 1. The molecule has 178 valence electrons. The molecule has 3 aliphatic rings. The zero-order chi connectivity index (χ0) is 23.8. The van der Waals surface area contributed by atoms with Gasteiger partial charge in [0, 0.05) is 48.3 Å². The first-order valence-corrected chi connectivity index (χ1v) is 12.0. The third-order valence-electron chi connectivity index (χ3n) is 7.70. The van der Waals surface area contributed by atoms with Crippen LogP contribution in [0.5, 0.6) is 0 Å². The predicted octanol–water partition coefficient (Wildman–Crippen LogP) is 3.86. The summed E-state index contributed by atoms with van der Waals surface area (Å²) in [7, 11) is 1.81. The van der Waals surface area contributed by atoms with Gasteiger partial charge in [0.2, 0.25) is 0 Å². The molecule has 5 heterocycles. The summed E-state index contributed by atoms with van der Waals surface area (Å²) in [5.41, 5.74) is 5.54. The number of benzene rings is 2. The molecule has 35 heavy (non-hydrogen) atoms. The van der Waals surface area contributed by atoms with Crippen molar-refractivity contribution in [1.82, 2.24) is 19.7 Å². The lowest BCUT2D eigenvalue weighted by Crippen LogP contribution is -2.42. The maximum atomic E-state index is 15.9. The van der Waals surface area contributed by atoms with E-state index in [2.05, 4.69) is 20.0 Å². The van der Waals surface area contributed by atoms with Crippen LogP contribution in [0.15, 0.2) is 42.7 Å². The van der Waals surface area contributed by atoms with Crippen molar-refractivity contribution in [2.45, 2.75) is 38.0 Å². The zero-order valence-electron chi connectivity index (χ0n) is 19.5. The quantitative estimate of drug-likeness (QED) is 0.490. The van der Waals surface area contributed by atoms with Crippen molar-refractivity contribution >= 4 is 28.3 Å². The van der Waals surface area contributed by atoms with Crippen LogP contribution in [0.2, 0.25) is 0 Å². The van der Waals surface area contributed by atoms with Gasteiger partial charge in [-0.15, -0.1) is 0 Å². The van der Waals surface area contributed by atoms with Gasteiger partial charge in [-0.25, -0.2) is 9.37 Å². The molecule has 4 aromatic rings. The lowest BCUT2D eigenvalue weighted by atomic mass is 9.97. The Morgan fingerprint density at radius 1 is 1.09 bits per heavy atom. The smallest absolute Gasteiger partial charge is 0.280 e. The molecular weight excluding hydrogens is 447 g/mol. The third kappa shape index (κ3) is 3.04. The first-order valence-electron chi connectivity index (χ1n) is 12.0. The van der Waals surface area contributed by atoms with E-state index in [9.17, 15) is 4.79 Å². The van der Waals surface area contributed by atoms with E-state index >= 15 is 4.39 Å². The van der Waals surface area contributed by atoms with Gasteiger partial charge in [-0.2, -0.15) is 5.10 Å². The maximum Gasteiger partial charge on any atom is 0.280 e. The van der Waals surface area contributed by atoms with E-state index in [0.29, 0.717) is 16.9 Å². The number of ether oxygens (including phenoxy) is 1. The SMILES string of the molecule is Cc1c2c(nn1C)C(=O)N(c1ccc3[nH]cnc3c1)C2c1ccc(N2CC3CCC(C2)O3)cc1F. The van der Waals surface area contributed by atoms with Gasteiger partial charge in [-0.3, -0.25) is 14.4 Å². The Hall–Kier alpha value is -3.72. The molecule has 2 saturated heterocycles. The standard InChI is InChI=1S/C26H25FN6O2/c1-14-23-24(30-31(14)2)26(34)33(16-4-8-21-22(10-16)29-13-28-21)25(23)19-7-3-15(9-20(19)27)32-11-17-5-6-18(12-32)35-17/h3-4,7-10,13,17-18,25H,5-6,11-12H2,1-2H3,(H,28,29). The highest BCUT2D eigenvalue weighted by molar-refractivity contribution is 6.11. The van der Waals surface area contributed by atoms with Crippen molar-refractivity contribution in [2.24, 2.45) is 7.05 Å². The summed E-state index contributed by atoms with van der Waals surface area (Å²) in [6.07, 6.45) is 4.18. The molecular formula is C26H25FN6O2. The summed E-state index contributed by atoms with van der Waals surface area (Å²) in [4.78, 5) is 24.9. The molecule has 0 aliphatic carbocycles. The number of aryl methyl sites for hydroxylation is 1. The fourth-order valence-corrected chi connectivity index (χ4v) is 5.86. The van der Waals surface area contributed by atoms with Crippen LogP contribution in [0.1, 0.15) is 46.2 Å². The lowest BCUT2D eigenvalue weighted by molar-refractivity contribution is 0.0305. The third-order valence-corrected chi connectivity index (χ3v) is 7.70. The van der Waals surface area contributed by atoms with E-state index in [0.717, 1.165) is 53.9 Å². The number of aromatic nitrogens is 4. The monoisotopic (exact) mass is 472 g/mol. The minimum Gasteiger partial charge on any atom is -0.371 e. The van der Waals surface area contributed by atoms with Crippen molar-refractivity contribution in [3.63, 3.8) is 0 Å². The lowest BCUT2D eigenvalue weighted by Gasteiger charge is -2.34. The molecule has 1 amide bonds. The highest BCUT2D eigenvalue weighted by atomic mass is 19.1. The Morgan fingerprint density at radius 3 is 2.63 bits per heavy atom. The number of nitrogens with zero attached hydrogens (tertiary/aromatic N) is 5. The molecule has 8 nitrogen and oxygen atoms in total. The Morgan fingerprint density at radius 2 is 1.86 bits per heavy atom. The Labute approximate surface area is 201 Å². The molecule has 2 aromatic heterocycles. The number of fused-ring (bicyclic) bond motifs is 4. The van der Waals surface area contributed by atoms with Gasteiger partial charge >= 0.3 is 0 Å². The number of carbonyl (C=O) groups is 1. The van der Waals surface area contributed by atoms with E-state index < -0.39 is 6.04 Å². The van der Waals surface area contributed by atoms with Crippen molar-refractivity contribution in [1.29, 1.82) is 0 Å². The number of anilines is 2. The Bertz CT molecular complexity index is 1480. The summed E-state index contributed by atoms with van der Waals surface area (Å²) in [6, 6.07) is 10.4. The number of morpholine rings is 1. The van der Waals surface area contributed by atoms with Gasteiger partial charge in [0.1, 0.15) is 5.82 Å². The number of rotatable bonds is 3. The average Bonchev–Trinajstić information content (AvgIpc) is 3.59. The van der Waals surface area contributed by atoms with Crippen molar-refractivity contribution in [3.05, 3.63) is 71.1 Å². The van der Waals surface area contributed by atoms with E-state index in [1.54, 1.807) is 22.0 Å². The highest BCUT2D eigenvalue weighted by Gasteiger charge is 2.44. The van der Waals surface area contributed by atoms with Crippen LogP contribution in [-0.2, 0) is 11.8 Å². The Balaban J connectivity index is 1.33. The molecule has 0 spiro atoms. The number of H-pyrrole nitrogens is 1. The molecule has 3 aliphatic heterocycles. The van der Waals surface area contributed by atoms with Crippen LogP contribution in [0.25, 0.3) is 11.0 Å². The van der Waals surface area contributed by atoms with E-state index in [1.807, 2.05) is 44.3 Å². The fraction of sp³-hybridized carbons (Fsp3) is 0.346. The van der Waals surface area contributed by atoms with Crippen LogP contribution in [0.3, 0.4) is 0 Å². The number of aromatic amines is 1. The number of imidazole rings is 1. The first kappa shape index (κ1) is 20.6. The normalized spacial score (nSPS) is 23.5. The van der Waals surface area contributed by atoms with E-state index in [-0.39, 0.29) is 23.9 Å². The summed E-state index contributed by atoms with van der Waals surface area (Å²) in [6.45, 7) is 3.47. The van der Waals surface area contributed by atoms with Gasteiger partial charge in [0.15, 0.2) is 5.69 Å². The molecule has 3 unspecified atom stereocenters. The minimum atomic E-state index is -0.613. The van der Waals surface area contributed by atoms with Gasteiger partial charge < -0.3 is 14.6 Å². The Kier molecular flexibility index (Phi) is 4.36. The van der Waals surface area contributed by atoms with Gasteiger partial charge in [-0.1, -0.05) is 6.07 Å². The maximum absolute atomic E-state index is 15.9. The van der Waals surface area contributed by atoms with Crippen LogP contribution >= 0.6 is 0 Å². The number of hydrogen-bond acceptors (Lipinski definition) is 5. The van der Waals surface area contributed by atoms with E-state index in [1.165, 1.54) is 0 Å². The zero-order valence-corrected chi connectivity index (χ0v) is 19.5. The van der Waals surface area contributed by atoms with Crippen molar-refractivity contribution in [2.75, 3.05) is 22.9 Å². The molecule has 0 radical (unpaired) electrons. The molecule has 0 saturated carbocycles. The largest absolute Gasteiger partial charge is 0.371 e. The molecule has 3 atom stereocenters. The second-order valence-electron chi connectivity index (χ2n) is 9.72. The number of carbonyl (C=O) groups excluding carboxylic acids is 1.